The number of carbonyl (C=O) groups excluding carboxylic acids is 3. The molecule has 0 radical (unpaired) electrons. The molecule has 0 saturated heterocycles. The molecule has 0 aromatic rings. The largest absolute Gasteiger partial charge is 0.481 e. The number of hydrogen-bond donors (Lipinski definition) is 9. The molecule has 15 heteroatoms. The van der Waals surface area contributed by atoms with E-state index in [9.17, 15) is 24.0 Å². The Morgan fingerprint density at radius 2 is 1.56 bits per heavy atom. The maximum Gasteiger partial charge on any atom is 0.327 e. The van der Waals surface area contributed by atoms with Crippen molar-refractivity contribution in [2.45, 2.75) is 63.7 Å². The van der Waals surface area contributed by atoms with Crippen molar-refractivity contribution < 1.29 is 34.2 Å². The first-order valence-electron chi connectivity index (χ1n) is 10.6. The second-order valence-electron chi connectivity index (χ2n) is 7.67. The molecular formula is C19H35N7O7S. The quantitative estimate of drug-likeness (QED) is 0.0456. The molecule has 0 aliphatic carbocycles. The predicted octanol–water partition coefficient (Wildman–Crippen LogP) is -2.64. The van der Waals surface area contributed by atoms with Crippen molar-refractivity contribution in [3.05, 3.63) is 0 Å². The van der Waals surface area contributed by atoms with E-state index < -0.39 is 66.2 Å². The minimum Gasteiger partial charge on any atom is -0.481 e. The molecule has 0 fully saturated rings. The molecule has 5 atom stereocenters. The van der Waals surface area contributed by atoms with Gasteiger partial charge in [0.25, 0.3) is 0 Å². The average Bonchev–Trinajstić information content (AvgIpc) is 2.76. The molecule has 194 valence electrons. The van der Waals surface area contributed by atoms with Gasteiger partial charge in [-0.15, -0.1) is 0 Å². The van der Waals surface area contributed by atoms with Crippen LogP contribution < -0.4 is 33.2 Å². The summed E-state index contributed by atoms with van der Waals surface area (Å²) in [6.07, 6.45) is 0.321. The molecule has 0 aliphatic rings. The van der Waals surface area contributed by atoms with Gasteiger partial charge in [-0.05, 0) is 18.8 Å². The van der Waals surface area contributed by atoms with Gasteiger partial charge >= 0.3 is 11.9 Å². The van der Waals surface area contributed by atoms with Crippen LogP contribution in [0.3, 0.4) is 0 Å². The standard InChI is InChI=1S/C19H35N7O7S/c1-3-9(2)14(26-15(29)10(20)5-4-6-23-19(21)22)17(31)24-11(7-13(27)28)16(30)25-12(8-34)18(32)33/h9-12,14,34H,3-8,20H2,1-2H3,(H,24,31)(H,25,30)(H,26,29)(H,27,28)(H,32,33)(H4,21,22,23). The van der Waals surface area contributed by atoms with E-state index in [2.05, 4.69) is 33.6 Å². The van der Waals surface area contributed by atoms with Crippen molar-refractivity contribution in [2.24, 2.45) is 28.1 Å². The van der Waals surface area contributed by atoms with Crippen molar-refractivity contribution in [3.8, 4) is 0 Å². The Hall–Kier alpha value is -3.07. The van der Waals surface area contributed by atoms with Crippen molar-refractivity contribution in [2.75, 3.05) is 12.3 Å². The smallest absolute Gasteiger partial charge is 0.327 e. The molecule has 34 heavy (non-hydrogen) atoms. The number of amides is 3. The highest BCUT2D eigenvalue weighted by Gasteiger charge is 2.33. The lowest BCUT2D eigenvalue weighted by atomic mass is 9.97. The number of aliphatic carboxylic acids is 2. The van der Waals surface area contributed by atoms with Crippen LogP contribution in [0.5, 0.6) is 0 Å². The fourth-order valence-electron chi connectivity index (χ4n) is 2.72. The van der Waals surface area contributed by atoms with Crippen LogP contribution in [0.2, 0.25) is 0 Å². The number of guanidine groups is 1. The number of thiol groups is 1. The van der Waals surface area contributed by atoms with Gasteiger partial charge in [-0.2, -0.15) is 12.6 Å². The highest BCUT2D eigenvalue weighted by molar-refractivity contribution is 7.80. The van der Waals surface area contributed by atoms with Crippen molar-refractivity contribution in [1.29, 1.82) is 0 Å². The summed E-state index contributed by atoms with van der Waals surface area (Å²) in [7, 11) is 0. The number of hydrogen-bond acceptors (Lipinski definition) is 8. The summed E-state index contributed by atoms with van der Waals surface area (Å²) in [6.45, 7) is 3.73. The molecule has 11 N–H and O–H groups in total. The topological polar surface area (TPSA) is 252 Å². The molecule has 0 aromatic carbocycles. The predicted molar refractivity (Wildman–Crippen MR) is 127 cm³/mol. The van der Waals surface area contributed by atoms with Crippen LogP contribution in [0.15, 0.2) is 4.99 Å². The number of rotatable bonds is 16. The minimum absolute atomic E-state index is 0.0875. The third-order valence-electron chi connectivity index (χ3n) is 4.91. The van der Waals surface area contributed by atoms with Crippen molar-refractivity contribution in [3.63, 3.8) is 0 Å². The van der Waals surface area contributed by atoms with Crippen molar-refractivity contribution >= 4 is 48.2 Å². The summed E-state index contributed by atoms with van der Waals surface area (Å²) < 4.78 is 0. The number of nitrogens with one attached hydrogen (secondary N) is 3. The zero-order valence-electron chi connectivity index (χ0n) is 19.2. The lowest BCUT2D eigenvalue weighted by Gasteiger charge is -2.27. The van der Waals surface area contributed by atoms with Gasteiger partial charge in [0.05, 0.1) is 12.5 Å². The van der Waals surface area contributed by atoms with E-state index in [1.54, 1.807) is 13.8 Å². The fourth-order valence-corrected chi connectivity index (χ4v) is 2.96. The second-order valence-corrected chi connectivity index (χ2v) is 8.03. The van der Waals surface area contributed by atoms with E-state index in [1.807, 2.05) is 0 Å². The molecular weight excluding hydrogens is 470 g/mol. The number of carboxylic acid groups (broad SMARTS) is 2. The Bertz CT molecular complexity index is 761. The highest BCUT2D eigenvalue weighted by atomic mass is 32.1. The summed E-state index contributed by atoms with van der Waals surface area (Å²) in [5.74, 6) is -5.94. The lowest BCUT2D eigenvalue weighted by Crippen LogP contribution is -2.59. The number of nitrogens with zero attached hydrogens (tertiary/aromatic N) is 1. The van der Waals surface area contributed by atoms with Gasteiger partial charge in [0, 0.05) is 12.3 Å². The summed E-state index contributed by atoms with van der Waals surface area (Å²) in [6, 6.07) is -5.04. The summed E-state index contributed by atoms with van der Waals surface area (Å²) in [4.78, 5) is 64.0. The molecule has 0 rings (SSSR count). The highest BCUT2D eigenvalue weighted by Crippen LogP contribution is 2.10. The van der Waals surface area contributed by atoms with E-state index in [0.29, 0.717) is 12.8 Å². The summed E-state index contributed by atoms with van der Waals surface area (Å²) in [5.41, 5.74) is 16.3. The Morgan fingerprint density at radius 1 is 0.971 bits per heavy atom. The van der Waals surface area contributed by atoms with E-state index >= 15 is 0 Å². The van der Waals surface area contributed by atoms with Gasteiger partial charge in [0.1, 0.15) is 18.1 Å². The van der Waals surface area contributed by atoms with Crippen LogP contribution >= 0.6 is 12.6 Å². The average molecular weight is 506 g/mol. The first-order chi connectivity index (χ1) is 15.8. The van der Waals surface area contributed by atoms with Crippen LogP contribution in [0.25, 0.3) is 0 Å². The first-order valence-corrected chi connectivity index (χ1v) is 11.2. The monoisotopic (exact) mass is 505 g/mol. The van der Waals surface area contributed by atoms with Crippen LogP contribution in [-0.2, 0) is 24.0 Å². The van der Waals surface area contributed by atoms with Gasteiger partial charge in [0.2, 0.25) is 17.7 Å². The Kier molecular flexibility index (Phi) is 14.3. The SMILES string of the molecule is CCC(C)C(NC(=O)C(N)CCCN=C(N)N)C(=O)NC(CC(=O)O)C(=O)NC(CS)C(=O)O. The maximum atomic E-state index is 12.9. The third kappa shape index (κ3) is 11.7. The molecule has 0 heterocycles. The van der Waals surface area contributed by atoms with Crippen LogP contribution in [0, 0.1) is 5.92 Å². The molecule has 0 saturated carbocycles. The molecule has 0 bridgehead atoms. The second kappa shape index (κ2) is 15.7. The zero-order chi connectivity index (χ0) is 26.4. The van der Waals surface area contributed by atoms with Crippen LogP contribution in [0.1, 0.15) is 39.5 Å². The third-order valence-corrected chi connectivity index (χ3v) is 5.27. The van der Waals surface area contributed by atoms with Crippen LogP contribution in [0.4, 0.5) is 0 Å². The number of carbonyl (C=O) groups is 5. The zero-order valence-corrected chi connectivity index (χ0v) is 20.1. The fraction of sp³-hybridized carbons (Fsp3) is 0.684. The number of aliphatic imine (C=N–C) groups is 1. The van der Waals surface area contributed by atoms with E-state index in [4.69, 9.17) is 27.4 Å². The Labute approximate surface area is 202 Å². The molecule has 5 unspecified atom stereocenters. The van der Waals surface area contributed by atoms with Gasteiger partial charge < -0.3 is 43.4 Å². The van der Waals surface area contributed by atoms with E-state index in [0.717, 1.165) is 0 Å². The van der Waals surface area contributed by atoms with Gasteiger partial charge in [-0.1, -0.05) is 20.3 Å². The maximum absolute atomic E-state index is 12.9. The Balaban J connectivity index is 5.37. The summed E-state index contributed by atoms with van der Waals surface area (Å²) >= 11 is 3.83. The number of nitrogens with two attached hydrogens (primary N) is 3. The molecule has 0 aliphatic heterocycles. The summed E-state index contributed by atoms with van der Waals surface area (Å²) in [5, 5.41) is 25.1. The normalized spacial score (nSPS) is 15.1. The molecule has 0 aromatic heterocycles. The van der Waals surface area contributed by atoms with Crippen molar-refractivity contribution in [1.82, 2.24) is 16.0 Å². The number of carboxylic acids is 2. The molecule has 3 amide bonds. The van der Waals surface area contributed by atoms with Crippen LogP contribution in [-0.4, -0.2) is 82.3 Å². The van der Waals surface area contributed by atoms with Gasteiger partial charge in [-0.3, -0.25) is 24.2 Å². The van der Waals surface area contributed by atoms with Gasteiger partial charge in [0.15, 0.2) is 5.96 Å². The van der Waals surface area contributed by atoms with E-state index in [1.165, 1.54) is 0 Å². The lowest BCUT2D eigenvalue weighted by molar-refractivity contribution is -0.143. The Morgan fingerprint density at radius 3 is 2.03 bits per heavy atom. The molecule has 0 spiro atoms. The molecule has 14 nitrogen and oxygen atoms in total. The first kappa shape index (κ1) is 30.9. The minimum atomic E-state index is -1.58. The van der Waals surface area contributed by atoms with E-state index in [-0.39, 0.29) is 24.7 Å². The van der Waals surface area contributed by atoms with Gasteiger partial charge in [-0.25, -0.2) is 4.79 Å².